The molecule has 0 radical (unpaired) electrons. The molecule has 4 heteroatoms. The van der Waals surface area contributed by atoms with Crippen LogP contribution in [-0.2, 0) is 6.54 Å². The van der Waals surface area contributed by atoms with Gasteiger partial charge in [0.05, 0.1) is 5.52 Å². The number of nitrogen functional groups attached to an aromatic ring is 1. The van der Waals surface area contributed by atoms with Crippen LogP contribution in [0.5, 0.6) is 0 Å². The van der Waals surface area contributed by atoms with Crippen LogP contribution in [0.3, 0.4) is 0 Å². The molecule has 1 fully saturated rings. The van der Waals surface area contributed by atoms with Crippen molar-refractivity contribution in [3.8, 4) is 0 Å². The number of nitrogens with zero attached hydrogens (tertiary/aromatic N) is 3. The van der Waals surface area contributed by atoms with E-state index in [9.17, 15) is 0 Å². The van der Waals surface area contributed by atoms with Gasteiger partial charge in [-0.2, -0.15) is 0 Å². The highest BCUT2D eigenvalue weighted by Crippen LogP contribution is 2.23. The summed E-state index contributed by atoms with van der Waals surface area (Å²) in [5.74, 6) is 0.658. The zero-order chi connectivity index (χ0) is 15.0. The second-order valence-corrected chi connectivity index (χ2v) is 6.67. The number of aromatic nitrogens is 1. The Bertz CT molecular complexity index is 650. The summed E-state index contributed by atoms with van der Waals surface area (Å²) < 4.78 is 0. The number of fused-ring (bicyclic) bond motifs is 1. The fraction of sp³-hybridized carbons (Fsp3) is 0.471. The quantitative estimate of drug-likeness (QED) is 0.919. The number of likely N-dealkylation sites (N-methyl/N-ethyl adjacent to an activating group) is 1. The van der Waals surface area contributed by atoms with Gasteiger partial charge in [0, 0.05) is 42.7 Å². The molecule has 4 nitrogen and oxygen atoms in total. The van der Waals surface area contributed by atoms with Crippen molar-refractivity contribution >= 4 is 16.7 Å². The summed E-state index contributed by atoms with van der Waals surface area (Å²) in [6.45, 7) is 8.68. The monoisotopic (exact) mass is 284 g/mol. The van der Waals surface area contributed by atoms with E-state index in [4.69, 9.17) is 5.73 Å². The second-order valence-electron chi connectivity index (χ2n) is 6.67. The molecular formula is C17H24N4. The van der Waals surface area contributed by atoms with E-state index in [1.165, 1.54) is 0 Å². The van der Waals surface area contributed by atoms with Gasteiger partial charge in [-0.1, -0.05) is 18.2 Å². The molecule has 1 aliphatic heterocycles. The number of hydrogen-bond acceptors (Lipinski definition) is 4. The minimum absolute atomic E-state index is 0.206. The van der Waals surface area contributed by atoms with Gasteiger partial charge in [0.1, 0.15) is 5.82 Å². The fourth-order valence-electron chi connectivity index (χ4n) is 3.02. The minimum atomic E-state index is 0.206. The molecule has 0 unspecified atom stereocenters. The van der Waals surface area contributed by atoms with Crippen LogP contribution in [0, 0.1) is 0 Å². The predicted molar refractivity (Wildman–Crippen MR) is 88.1 cm³/mol. The predicted octanol–water partition coefficient (Wildman–Crippen LogP) is 2.34. The summed E-state index contributed by atoms with van der Waals surface area (Å²) in [7, 11) is 2.20. The van der Waals surface area contributed by atoms with Gasteiger partial charge in [0.2, 0.25) is 0 Å². The molecular weight excluding hydrogens is 260 g/mol. The first-order valence-corrected chi connectivity index (χ1v) is 7.53. The van der Waals surface area contributed by atoms with Crippen LogP contribution >= 0.6 is 0 Å². The molecule has 0 spiro atoms. The third kappa shape index (κ3) is 2.87. The van der Waals surface area contributed by atoms with E-state index < -0.39 is 0 Å². The maximum absolute atomic E-state index is 6.15. The highest BCUT2D eigenvalue weighted by molar-refractivity contribution is 5.81. The summed E-state index contributed by atoms with van der Waals surface area (Å²) in [5, 5.41) is 1.16. The smallest absolute Gasteiger partial charge is 0.128 e. The van der Waals surface area contributed by atoms with Crippen molar-refractivity contribution in [1.29, 1.82) is 0 Å². The summed E-state index contributed by atoms with van der Waals surface area (Å²) in [5.41, 5.74) is 8.46. The molecule has 1 aromatic carbocycles. The molecule has 2 aromatic rings. The zero-order valence-corrected chi connectivity index (χ0v) is 13.1. The summed E-state index contributed by atoms with van der Waals surface area (Å²) in [4.78, 5) is 9.43. The van der Waals surface area contributed by atoms with Gasteiger partial charge < -0.3 is 5.73 Å². The lowest BCUT2D eigenvalue weighted by Gasteiger charge is -2.45. The number of piperazine rings is 1. The highest BCUT2D eigenvalue weighted by Gasteiger charge is 2.31. The summed E-state index contributed by atoms with van der Waals surface area (Å²) in [6.07, 6.45) is 0. The second kappa shape index (κ2) is 5.28. The third-order valence-electron chi connectivity index (χ3n) is 4.63. The molecule has 0 aliphatic carbocycles. The van der Waals surface area contributed by atoms with E-state index in [1.54, 1.807) is 0 Å². The Morgan fingerprint density at radius 1 is 1.24 bits per heavy atom. The Labute approximate surface area is 126 Å². The van der Waals surface area contributed by atoms with Crippen LogP contribution in [0.25, 0.3) is 10.9 Å². The number of anilines is 1. The van der Waals surface area contributed by atoms with E-state index in [1.807, 2.05) is 18.2 Å². The maximum atomic E-state index is 6.15. The Balaban J connectivity index is 1.83. The SMILES string of the molecule is CN1CCN(Cc2cc3ccccc3nc2N)CC1(C)C. The maximum Gasteiger partial charge on any atom is 0.128 e. The van der Waals surface area contributed by atoms with Gasteiger partial charge in [-0.25, -0.2) is 4.98 Å². The first-order chi connectivity index (χ1) is 9.95. The van der Waals surface area contributed by atoms with Crippen molar-refractivity contribution in [3.05, 3.63) is 35.9 Å². The molecule has 1 aromatic heterocycles. The largest absolute Gasteiger partial charge is 0.383 e. The topological polar surface area (TPSA) is 45.4 Å². The van der Waals surface area contributed by atoms with Crippen LogP contribution in [0.2, 0.25) is 0 Å². The third-order valence-corrected chi connectivity index (χ3v) is 4.63. The standard InChI is InChI=1S/C17H24N4/c1-17(2)12-21(9-8-20(17)3)11-14-10-13-6-4-5-7-15(13)19-16(14)18/h4-7,10H,8-9,11-12H2,1-3H3,(H2,18,19). The van der Waals surface area contributed by atoms with Gasteiger partial charge in [-0.15, -0.1) is 0 Å². The molecule has 112 valence electrons. The Hall–Kier alpha value is -1.65. The van der Waals surface area contributed by atoms with Gasteiger partial charge in [0.25, 0.3) is 0 Å². The number of pyridine rings is 1. The fourth-order valence-corrected chi connectivity index (χ4v) is 3.02. The Kier molecular flexibility index (Phi) is 3.59. The zero-order valence-electron chi connectivity index (χ0n) is 13.1. The van der Waals surface area contributed by atoms with Crippen LogP contribution in [-0.4, -0.2) is 47.0 Å². The molecule has 1 saturated heterocycles. The molecule has 2 N–H and O–H groups in total. The van der Waals surface area contributed by atoms with Crippen molar-refractivity contribution in [2.45, 2.75) is 25.9 Å². The molecule has 0 amide bonds. The minimum Gasteiger partial charge on any atom is -0.383 e. The Morgan fingerprint density at radius 2 is 2.00 bits per heavy atom. The van der Waals surface area contributed by atoms with E-state index >= 15 is 0 Å². The van der Waals surface area contributed by atoms with Crippen molar-refractivity contribution in [1.82, 2.24) is 14.8 Å². The lowest BCUT2D eigenvalue weighted by atomic mass is 9.99. The van der Waals surface area contributed by atoms with Gasteiger partial charge in [0.15, 0.2) is 0 Å². The van der Waals surface area contributed by atoms with E-state index in [2.05, 4.69) is 47.8 Å². The summed E-state index contributed by atoms with van der Waals surface area (Å²) in [6, 6.07) is 10.3. The molecule has 2 heterocycles. The van der Waals surface area contributed by atoms with Gasteiger partial charge in [-0.05, 0) is 33.0 Å². The summed E-state index contributed by atoms with van der Waals surface area (Å²) >= 11 is 0. The van der Waals surface area contributed by atoms with Crippen LogP contribution in [0.1, 0.15) is 19.4 Å². The Morgan fingerprint density at radius 3 is 2.76 bits per heavy atom. The average Bonchev–Trinajstić information content (AvgIpc) is 2.43. The first kappa shape index (κ1) is 14.3. The number of para-hydroxylation sites is 1. The molecule has 0 bridgehead atoms. The van der Waals surface area contributed by atoms with Crippen molar-refractivity contribution in [2.24, 2.45) is 0 Å². The van der Waals surface area contributed by atoms with E-state index in [-0.39, 0.29) is 5.54 Å². The van der Waals surface area contributed by atoms with Crippen LogP contribution in [0.4, 0.5) is 5.82 Å². The van der Waals surface area contributed by atoms with Crippen molar-refractivity contribution in [3.63, 3.8) is 0 Å². The van der Waals surface area contributed by atoms with Crippen LogP contribution < -0.4 is 5.73 Å². The number of hydrogen-bond donors (Lipinski definition) is 1. The average molecular weight is 284 g/mol. The van der Waals surface area contributed by atoms with Crippen molar-refractivity contribution < 1.29 is 0 Å². The molecule has 0 atom stereocenters. The molecule has 1 aliphatic rings. The highest BCUT2D eigenvalue weighted by atomic mass is 15.3. The van der Waals surface area contributed by atoms with Crippen LogP contribution in [0.15, 0.2) is 30.3 Å². The lowest BCUT2D eigenvalue weighted by Crippen LogP contribution is -2.57. The molecule has 0 saturated carbocycles. The number of nitrogens with two attached hydrogens (primary N) is 1. The molecule has 21 heavy (non-hydrogen) atoms. The molecule has 3 rings (SSSR count). The van der Waals surface area contributed by atoms with E-state index in [0.29, 0.717) is 5.82 Å². The number of rotatable bonds is 2. The van der Waals surface area contributed by atoms with Crippen molar-refractivity contribution in [2.75, 3.05) is 32.4 Å². The normalized spacial score (nSPS) is 20.0. The first-order valence-electron chi connectivity index (χ1n) is 7.53. The van der Waals surface area contributed by atoms with Gasteiger partial charge >= 0.3 is 0 Å². The van der Waals surface area contributed by atoms with E-state index in [0.717, 1.165) is 42.6 Å². The lowest BCUT2D eigenvalue weighted by molar-refractivity contribution is 0.0361. The number of benzene rings is 1. The van der Waals surface area contributed by atoms with Gasteiger partial charge in [-0.3, -0.25) is 9.80 Å².